The SMILES string of the molecule is CC(C)(Cc1cccc(CN)n1)OC(=O)NC(C(=O)O)C(C)(C)C. The third kappa shape index (κ3) is 6.16. The molecular weight excluding hydrogens is 310 g/mol. The lowest BCUT2D eigenvalue weighted by Gasteiger charge is -2.30. The van der Waals surface area contributed by atoms with E-state index in [-0.39, 0.29) is 0 Å². The molecule has 1 aromatic heterocycles. The molecule has 0 saturated carbocycles. The maximum atomic E-state index is 12.1. The van der Waals surface area contributed by atoms with Crippen molar-refractivity contribution in [1.29, 1.82) is 0 Å². The molecule has 0 fully saturated rings. The minimum absolute atomic E-state index is 0.335. The van der Waals surface area contributed by atoms with E-state index in [9.17, 15) is 14.7 Å². The summed E-state index contributed by atoms with van der Waals surface area (Å²) in [4.78, 5) is 27.8. The average Bonchev–Trinajstić information content (AvgIpc) is 2.42. The molecule has 0 saturated heterocycles. The molecule has 1 unspecified atom stereocenters. The molecular formula is C17H27N3O4. The number of nitrogens with zero attached hydrogens (tertiary/aromatic N) is 1. The lowest BCUT2D eigenvalue weighted by Crippen LogP contribution is -2.50. The van der Waals surface area contributed by atoms with E-state index in [1.54, 1.807) is 34.6 Å². The Morgan fingerprint density at radius 1 is 1.25 bits per heavy atom. The van der Waals surface area contributed by atoms with Gasteiger partial charge in [-0.2, -0.15) is 0 Å². The summed E-state index contributed by atoms with van der Waals surface area (Å²) in [6, 6.07) is 4.46. The Labute approximate surface area is 142 Å². The minimum Gasteiger partial charge on any atom is -0.480 e. The number of aliphatic carboxylic acids is 1. The second-order valence-electron chi connectivity index (χ2n) is 7.43. The van der Waals surface area contributed by atoms with Crippen LogP contribution >= 0.6 is 0 Å². The topological polar surface area (TPSA) is 115 Å². The molecule has 4 N–H and O–H groups in total. The Morgan fingerprint density at radius 3 is 2.33 bits per heavy atom. The van der Waals surface area contributed by atoms with Crippen molar-refractivity contribution < 1.29 is 19.4 Å². The first-order valence-corrected chi connectivity index (χ1v) is 7.82. The summed E-state index contributed by atoms with van der Waals surface area (Å²) in [6.07, 6.45) is -0.376. The van der Waals surface area contributed by atoms with E-state index in [1.807, 2.05) is 18.2 Å². The first kappa shape index (κ1) is 19.9. The third-order valence-electron chi connectivity index (χ3n) is 3.42. The molecule has 7 heteroatoms. The number of amides is 1. The molecule has 0 radical (unpaired) electrons. The number of hydrogen-bond acceptors (Lipinski definition) is 5. The van der Waals surface area contributed by atoms with Crippen LogP contribution in [0.2, 0.25) is 0 Å². The lowest BCUT2D eigenvalue weighted by atomic mass is 9.87. The summed E-state index contributed by atoms with van der Waals surface area (Å²) in [7, 11) is 0. The number of carboxylic acids is 1. The van der Waals surface area contributed by atoms with Gasteiger partial charge in [0.05, 0.1) is 5.69 Å². The van der Waals surface area contributed by atoms with Crippen LogP contribution in [0.25, 0.3) is 0 Å². The molecule has 134 valence electrons. The van der Waals surface area contributed by atoms with Crippen LogP contribution in [0.4, 0.5) is 4.79 Å². The summed E-state index contributed by atoms with van der Waals surface area (Å²) in [6.45, 7) is 9.03. The highest BCUT2D eigenvalue weighted by molar-refractivity contribution is 5.80. The second-order valence-corrected chi connectivity index (χ2v) is 7.43. The van der Waals surface area contributed by atoms with Crippen LogP contribution in [0.3, 0.4) is 0 Å². The number of carbonyl (C=O) groups is 2. The number of rotatable bonds is 6. The van der Waals surface area contributed by atoms with Crippen molar-refractivity contribution in [3.63, 3.8) is 0 Å². The highest BCUT2D eigenvalue weighted by Crippen LogP contribution is 2.21. The summed E-state index contributed by atoms with van der Waals surface area (Å²) >= 11 is 0. The van der Waals surface area contributed by atoms with Crippen LogP contribution in [0.15, 0.2) is 18.2 Å². The molecule has 0 bridgehead atoms. The zero-order chi connectivity index (χ0) is 18.5. The van der Waals surface area contributed by atoms with Gasteiger partial charge in [0.25, 0.3) is 0 Å². The van der Waals surface area contributed by atoms with Crippen LogP contribution in [0.1, 0.15) is 46.0 Å². The maximum absolute atomic E-state index is 12.1. The van der Waals surface area contributed by atoms with Gasteiger partial charge in [0.2, 0.25) is 0 Å². The fourth-order valence-electron chi connectivity index (χ4n) is 2.26. The smallest absolute Gasteiger partial charge is 0.408 e. The van der Waals surface area contributed by atoms with E-state index in [0.717, 1.165) is 11.4 Å². The standard InChI is InChI=1S/C17H27N3O4/c1-16(2,3)13(14(21)22)20-15(23)24-17(4,5)9-11-7-6-8-12(10-18)19-11/h6-8,13H,9-10,18H2,1-5H3,(H,20,23)(H,21,22). The average molecular weight is 337 g/mol. The van der Waals surface area contributed by atoms with Crippen LogP contribution in [0, 0.1) is 5.41 Å². The second kappa shape index (κ2) is 7.61. The molecule has 0 aliphatic rings. The predicted molar refractivity (Wildman–Crippen MR) is 90.4 cm³/mol. The van der Waals surface area contributed by atoms with E-state index in [4.69, 9.17) is 10.5 Å². The van der Waals surface area contributed by atoms with Gasteiger partial charge >= 0.3 is 12.1 Å². The van der Waals surface area contributed by atoms with Crippen molar-refractivity contribution in [2.45, 2.75) is 59.2 Å². The largest absolute Gasteiger partial charge is 0.480 e. The van der Waals surface area contributed by atoms with Gasteiger partial charge in [-0.1, -0.05) is 26.8 Å². The summed E-state index contributed by atoms with van der Waals surface area (Å²) < 4.78 is 5.41. The Kier molecular flexibility index (Phi) is 6.31. The fraction of sp³-hybridized carbons (Fsp3) is 0.588. The zero-order valence-electron chi connectivity index (χ0n) is 14.9. The predicted octanol–water partition coefficient (Wildman–Crippen LogP) is 2.09. The van der Waals surface area contributed by atoms with Gasteiger partial charge in [-0.15, -0.1) is 0 Å². The molecule has 0 aliphatic carbocycles. The van der Waals surface area contributed by atoms with Gasteiger partial charge in [-0.25, -0.2) is 9.59 Å². The van der Waals surface area contributed by atoms with Crippen molar-refractivity contribution in [3.8, 4) is 0 Å². The molecule has 1 rings (SSSR count). The van der Waals surface area contributed by atoms with Crippen LogP contribution in [-0.2, 0) is 22.5 Å². The zero-order valence-corrected chi connectivity index (χ0v) is 14.9. The van der Waals surface area contributed by atoms with Gasteiger partial charge in [0.15, 0.2) is 0 Å². The number of ether oxygens (including phenoxy) is 1. The molecule has 1 amide bonds. The number of nitrogens with two attached hydrogens (primary N) is 1. The number of carboxylic acid groups (broad SMARTS) is 1. The van der Waals surface area contributed by atoms with E-state index < -0.39 is 29.1 Å². The first-order chi connectivity index (χ1) is 10.9. The van der Waals surface area contributed by atoms with Gasteiger partial charge in [0.1, 0.15) is 11.6 Å². The number of nitrogens with one attached hydrogen (secondary N) is 1. The fourth-order valence-corrected chi connectivity index (χ4v) is 2.26. The number of pyridine rings is 1. The number of hydrogen-bond donors (Lipinski definition) is 3. The normalized spacial score (nSPS) is 13.2. The van der Waals surface area contributed by atoms with Crippen LogP contribution < -0.4 is 11.1 Å². The quantitative estimate of drug-likeness (QED) is 0.732. The third-order valence-corrected chi connectivity index (χ3v) is 3.42. The summed E-state index contributed by atoms with van der Waals surface area (Å²) in [5.41, 5.74) is 5.61. The Bertz CT molecular complexity index is 594. The van der Waals surface area contributed by atoms with Gasteiger partial charge < -0.3 is 20.9 Å². The number of carbonyl (C=O) groups excluding carboxylic acids is 1. The van der Waals surface area contributed by atoms with Crippen LogP contribution in [0.5, 0.6) is 0 Å². The summed E-state index contributed by atoms with van der Waals surface area (Å²) in [5, 5.41) is 11.7. The Hall–Kier alpha value is -2.15. The molecule has 0 spiro atoms. The molecule has 0 aliphatic heterocycles. The lowest BCUT2D eigenvalue weighted by molar-refractivity contribution is -0.142. The molecule has 7 nitrogen and oxygen atoms in total. The van der Waals surface area contributed by atoms with Gasteiger partial charge in [0, 0.05) is 18.7 Å². The highest BCUT2D eigenvalue weighted by atomic mass is 16.6. The van der Waals surface area contributed by atoms with Crippen molar-refractivity contribution in [2.75, 3.05) is 0 Å². The molecule has 0 aromatic carbocycles. The van der Waals surface area contributed by atoms with E-state index in [1.165, 1.54) is 0 Å². The Balaban J connectivity index is 2.74. The van der Waals surface area contributed by atoms with E-state index >= 15 is 0 Å². The number of alkyl carbamates (subject to hydrolysis) is 1. The molecule has 24 heavy (non-hydrogen) atoms. The highest BCUT2D eigenvalue weighted by Gasteiger charge is 2.34. The van der Waals surface area contributed by atoms with Crippen molar-refractivity contribution in [1.82, 2.24) is 10.3 Å². The summed E-state index contributed by atoms with van der Waals surface area (Å²) in [5.74, 6) is -1.10. The van der Waals surface area contributed by atoms with Crippen LogP contribution in [-0.4, -0.2) is 33.8 Å². The van der Waals surface area contributed by atoms with E-state index in [2.05, 4.69) is 10.3 Å². The number of aromatic nitrogens is 1. The van der Waals surface area contributed by atoms with Gasteiger partial charge in [-0.3, -0.25) is 4.98 Å². The van der Waals surface area contributed by atoms with E-state index in [0.29, 0.717) is 13.0 Å². The monoisotopic (exact) mass is 337 g/mol. The van der Waals surface area contributed by atoms with Crippen molar-refractivity contribution in [2.24, 2.45) is 11.1 Å². The Morgan fingerprint density at radius 2 is 1.83 bits per heavy atom. The van der Waals surface area contributed by atoms with Crippen molar-refractivity contribution in [3.05, 3.63) is 29.6 Å². The maximum Gasteiger partial charge on any atom is 0.408 e. The molecule has 1 aromatic rings. The molecule has 1 heterocycles. The minimum atomic E-state index is -1.10. The van der Waals surface area contributed by atoms with Crippen molar-refractivity contribution >= 4 is 12.1 Å². The molecule has 1 atom stereocenters. The van der Waals surface area contributed by atoms with Gasteiger partial charge in [-0.05, 0) is 31.4 Å². The first-order valence-electron chi connectivity index (χ1n) is 7.82.